The molecule has 0 saturated carbocycles. The molecular formula is C76H62Si. The first-order valence-corrected chi connectivity index (χ1v) is 29.6. The zero-order valence-corrected chi connectivity index (χ0v) is 46.2. The summed E-state index contributed by atoms with van der Waals surface area (Å²) in [4.78, 5) is 0. The molecule has 8 aromatic carbocycles. The van der Waals surface area contributed by atoms with E-state index in [2.05, 4.69) is 270 Å². The van der Waals surface area contributed by atoms with Gasteiger partial charge in [-0.15, -0.1) is 0 Å². The van der Waals surface area contributed by atoms with Gasteiger partial charge in [0.15, 0.2) is 0 Å². The SMILES string of the molecule is CCc1cc(C#Cc2ccc(C#CC3=C(c4ccccc4)C(c4ccccc4)=C(C#Cc4ccc(C#Cc5cc(CC)c(C#Cc6ccccc6)cc5CC)cc4)[Si]3(CC)CC)cc2)c(CC)cc1C#Cc1ccccc1. The molecule has 1 aliphatic heterocycles. The molecule has 0 radical (unpaired) electrons. The summed E-state index contributed by atoms with van der Waals surface area (Å²) in [5, 5.41) is 2.49. The molecule has 370 valence electrons. The Balaban J connectivity index is 1.03. The Morgan fingerprint density at radius 2 is 0.494 bits per heavy atom. The maximum absolute atomic E-state index is 3.88. The minimum absolute atomic E-state index is 0.880. The molecule has 1 heterocycles. The molecule has 9 rings (SSSR count). The standard InChI is InChI=1S/C76H62Si/c1-7-63-55-71(65(9-3)53-69(63)47-41-57-25-17-13-18-26-57)49-43-59-33-37-61(38-34-59)45-51-73-75(67-29-21-15-22-30-67)76(68-31-23-16-24-32-68)74(77(73,11-5)12-6)52-46-62-39-35-60(36-40-62)44-50-72-56-64(8-2)70(54-66(72)10-4)48-42-58-27-19-14-20-28-58/h13-40,53-56H,7-12H2,1-6H3. The lowest BCUT2D eigenvalue weighted by Gasteiger charge is -2.27. The van der Waals surface area contributed by atoms with Crippen molar-refractivity contribution in [1.82, 2.24) is 0 Å². The van der Waals surface area contributed by atoms with Gasteiger partial charge < -0.3 is 0 Å². The smallest absolute Gasteiger partial charge is 0.0696 e. The Kier molecular flexibility index (Phi) is 17.4. The minimum atomic E-state index is -2.50. The van der Waals surface area contributed by atoms with E-state index in [0.29, 0.717) is 0 Å². The molecule has 0 fully saturated rings. The van der Waals surface area contributed by atoms with Gasteiger partial charge in [-0.25, -0.2) is 0 Å². The zero-order chi connectivity index (χ0) is 53.4. The number of aryl methyl sites for hydroxylation is 4. The van der Waals surface area contributed by atoms with Crippen LogP contribution in [0.15, 0.2) is 205 Å². The van der Waals surface area contributed by atoms with Crippen molar-refractivity contribution >= 4 is 19.2 Å². The molecule has 0 spiro atoms. The van der Waals surface area contributed by atoms with Crippen molar-refractivity contribution in [3.05, 3.63) is 294 Å². The van der Waals surface area contributed by atoms with E-state index in [0.717, 1.165) is 93.4 Å². The van der Waals surface area contributed by atoms with Crippen LogP contribution in [0.25, 0.3) is 11.1 Å². The Morgan fingerprint density at radius 1 is 0.260 bits per heavy atom. The maximum atomic E-state index is 3.88. The third-order valence-corrected chi connectivity index (χ3v) is 19.6. The third-order valence-electron chi connectivity index (χ3n) is 14.6. The van der Waals surface area contributed by atoms with Crippen molar-refractivity contribution in [3.8, 4) is 71.0 Å². The lowest BCUT2D eigenvalue weighted by Crippen LogP contribution is -2.36. The summed E-state index contributed by atoms with van der Waals surface area (Å²) in [7, 11) is -2.50. The molecule has 0 unspecified atom stereocenters. The second-order valence-corrected chi connectivity index (χ2v) is 23.7. The average Bonchev–Trinajstić information content (AvgIpc) is 4.03. The highest BCUT2D eigenvalue weighted by atomic mass is 28.3. The van der Waals surface area contributed by atoms with Crippen LogP contribution in [0, 0.1) is 71.0 Å². The van der Waals surface area contributed by atoms with Gasteiger partial charge in [-0.3, -0.25) is 0 Å². The molecule has 0 aliphatic carbocycles. The van der Waals surface area contributed by atoms with Crippen LogP contribution in [-0.4, -0.2) is 8.07 Å². The topological polar surface area (TPSA) is 0 Å². The van der Waals surface area contributed by atoms with E-state index in [1.165, 1.54) is 54.9 Å². The minimum Gasteiger partial charge on any atom is -0.0696 e. The van der Waals surface area contributed by atoms with Crippen molar-refractivity contribution in [2.24, 2.45) is 0 Å². The zero-order valence-electron chi connectivity index (χ0n) is 45.2. The van der Waals surface area contributed by atoms with Crippen molar-refractivity contribution in [2.45, 2.75) is 79.3 Å². The summed E-state index contributed by atoms with van der Waals surface area (Å²) in [6.07, 6.45) is 3.53. The molecule has 0 bridgehead atoms. The van der Waals surface area contributed by atoms with Crippen LogP contribution in [0.4, 0.5) is 0 Å². The van der Waals surface area contributed by atoms with Crippen molar-refractivity contribution in [2.75, 3.05) is 0 Å². The fourth-order valence-corrected chi connectivity index (χ4v) is 14.4. The van der Waals surface area contributed by atoms with E-state index < -0.39 is 8.07 Å². The monoisotopic (exact) mass is 1000 g/mol. The molecule has 0 aromatic heterocycles. The highest BCUT2D eigenvalue weighted by molar-refractivity contribution is 6.98. The van der Waals surface area contributed by atoms with Crippen LogP contribution in [0.3, 0.4) is 0 Å². The molecule has 1 aliphatic rings. The summed E-state index contributed by atoms with van der Waals surface area (Å²) in [6.45, 7) is 13.4. The molecule has 8 aromatic rings. The summed E-state index contributed by atoms with van der Waals surface area (Å²) < 4.78 is 0. The van der Waals surface area contributed by atoms with E-state index >= 15 is 0 Å². The van der Waals surface area contributed by atoms with E-state index in [9.17, 15) is 0 Å². The second-order valence-electron chi connectivity index (χ2n) is 19.2. The van der Waals surface area contributed by atoms with Gasteiger partial charge in [0.25, 0.3) is 0 Å². The molecule has 0 amide bonds. The van der Waals surface area contributed by atoms with Crippen LogP contribution < -0.4 is 0 Å². The number of allylic oxidation sites excluding steroid dienone is 4. The highest BCUT2D eigenvalue weighted by Crippen LogP contribution is 2.51. The summed E-state index contributed by atoms with van der Waals surface area (Å²) >= 11 is 0. The van der Waals surface area contributed by atoms with Gasteiger partial charge >= 0.3 is 0 Å². The van der Waals surface area contributed by atoms with Crippen LogP contribution in [0.2, 0.25) is 12.1 Å². The Labute approximate surface area is 460 Å². The van der Waals surface area contributed by atoms with Crippen LogP contribution >= 0.6 is 0 Å². The van der Waals surface area contributed by atoms with Gasteiger partial charge in [-0.1, -0.05) is 222 Å². The van der Waals surface area contributed by atoms with E-state index in [-0.39, 0.29) is 0 Å². The number of hydrogen-bond acceptors (Lipinski definition) is 0. The number of hydrogen-bond donors (Lipinski definition) is 0. The molecule has 0 N–H and O–H groups in total. The van der Waals surface area contributed by atoms with Gasteiger partial charge in [0, 0.05) is 66.0 Å². The molecule has 77 heavy (non-hydrogen) atoms. The third kappa shape index (κ3) is 12.3. The van der Waals surface area contributed by atoms with Crippen molar-refractivity contribution in [3.63, 3.8) is 0 Å². The van der Waals surface area contributed by atoms with Crippen LogP contribution in [0.5, 0.6) is 0 Å². The van der Waals surface area contributed by atoms with E-state index in [4.69, 9.17) is 0 Å². The molecule has 0 nitrogen and oxygen atoms in total. The van der Waals surface area contributed by atoms with Crippen LogP contribution in [-0.2, 0) is 25.7 Å². The molecular weight excluding hydrogens is 941 g/mol. The van der Waals surface area contributed by atoms with E-state index in [1.807, 2.05) is 36.4 Å². The predicted octanol–water partition coefficient (Wildman–Crippen LogP) is 16.4. The lowest BCUT2D eigenvalue weighted by atomic mass is 9.91. The van der Waals surface area contributed by atoms with Crippen LogP contribution in [0.1, 0.15) is 131 Å². The predicted molar refractivity (Wildman–Crippen MR) is 327 cm³/mol. The first kappa shape index (κ1) is 52.7. The van der Waals surface area contributed by atoms with E-state index in [1.54, 1.807) is 0 Å². The Morgan fingerprint density at radius 3 is 0.740 bits per heavy atom. The summed E-state index contributed by atoms with van der Waals surface area (Å²) in [5.74, 6) is 42.6. The largest absolute Gasteiger partial charge is 0.140 e. The normalized spacial score (nSPS) is 12.0. The fraction of sp³-hybridized carbons (Fsp3) is 0.158. The lowest BCUT2D eigenvalue weighted by molar-refractivity contribution is 1.08. The van der Waals surface area contributed by atoms with Crippen molar-refractivity contribution < 1.29 is 0 Å². The molecule has 1 heteroatoms. The van der Waals surface area contributed by atoms with Crippen molar-refractivity contribution in [1.29, 1.82) is 0 Å². The summed E-state index contributed by atoms with van der Waals surface area (Å²) in [5.41, 5.74) is 19.7. The molecule has 0 atom stereocenters. The highest BCUT2D eigenvalue weighted by Gasteiger charge is 2.46. The Bertz CT molecular complexity index is 3630. The average molecular weight is 1000 g/mol. The molecule has 0 saturated heterocycles. The number of rotatable bonds is 8. The van der Waals surface area contributed by atoms with Gasteiger partial charge in [-0.2, -0.15) is 0 Å². The first-order valence-electron chi connectivity index (χ1n) is 27.2. The fourth-order valence-electron chi connectivity index (χ4n) is 10.1. The van der Waals surface area contributed by atoms with Gasteiger partial charge in [0.2, 0.25) is 0 Å². The summed E-state index contributed by atoms with van der Waals surface area (Å²) in [6, 6.07) is 69.7. The first-order chi connectivity index (χ1) is 37.9. The quantitative estimate of drug-likeness (QED) is 0.105. The van der Waals surface area contributed by atoms with Gasteiger partial charge in [-0.05, 0) is 167 Å². The Hall–Kier alpha value is -9.18. The second kappa shape index (κ2) is 25.4. The van der Waals surface area contributed by atoms with Gasteiger partial charge in [0.05, 0.1) is 0 Å². The number of benzene rings is 8. The maximum Gasteiger partial charge on any atom is 0.140 e. The van der Waals surface area contributed by atoms with Gasteiger partial charge in [0.1, 0.15) is 8.07 Å².